The smallest absolute Gasteiger partial charge is 0.242 e. The molecule has 4 N–H and O–H groups in total. The molecule has 3 aromatic rings. The molecule has 0 aliphatic heterocycles. The average Bonchev–Trinajstić information content (AvgIpc) is 3.32. The summed E-state index contributed by atoms with van der Waals surface area (Å²) in [4.78, 5) is 29.8. The zero-order valence-corrected chi connectivity index (χ0v) is 22.5. The van der Waals surface area contributed by atoms with E-state index in [0.29, 0.717) is 30.0 Å². The lowest BCUT2D eigenvalue weighted by Gasteiger charge is -2.22. The third-order valence-electron chi connectivity index (χ3n) is 5.90. The van der Waals surface area contributed by atoms with Crippen LogP contribution < -0.4 is 25.4 Å². The number of nitrogens with one attached hydrogen (secondary N) is 4. The van der Waals surface area contributed by atoms with Crippen molar-refractivity contribution in [2.75, 3.05) is 14.2 Å². The Morgan fingerprint density at radius 1 is 1.05 bits per heavy atom. The van der Waals surface area contributed by atoms with Gasteiger partial charge in [-0.25, -0.2) is 4.98 Å². The lowest BCUT2D eigenvalue weighted by atomic mass is 10.0. The molecule has 38 heavy (non-hydrogen) atoms. The quantitative estimate of drug-likeness (QED) is 0.227. The van der Waals surface area contributed by atoms with Crippen LogP contribution in [0.2, 0.25) is 0 Å². The maximum Gasteiger partial charge on any atom is 0.242 e. The second kappa shape index (κ2) is 13.3. The Hall–Kier alpha value is -4.34. The molecule has 0 aliphatic rings. The normalized spacial score (nSPS) is 11.5. The van der Waals surface area contributed by atoms with Crippen molar-refractivity contribution in [1.29, 1.82) is 5.41 Å². The molecule has 0 bridgehead atoms. The molecular weight excluding hydrogens is 484 g/mol. The summed E-state index contributed by atoms with van der Waals surface area (Å²) < 4.78 is 12.5. The number of ether oxygens (including phenoxy) is 2. The van der Waals surface area contributed by atoms with Gasteiger partial charge in [0, 0.05) is 24.6 Å². The van der Waals surface area contributed by atoms with Crippen LogP contribution in [0.5, 0.6) is 11.5 Å². The monoisotopic (exact) mass is 520 g/mol. The van der Waals surface area contributed by atoms with Gasteiger partial charge in [0.15, 0.2) is 17.5 Å². The molecule has 0 spiro atoms. The van der Waals surface area contributed by atoms with Gasteiger partial charge in [0.2, 0.25) is 11.8 Å². The average molecular weight is 521 g/mol. The van der Waals surface area contributed by atoms with E-state index < -0.39 is 6.04 Å². The van der Waals surface area contributed by atoms with Gasteiger partial charge in [-0.15, -0.1) is 0 Å². The summed E-state index contributed by atoms with van der Waals surface area (Å²) in [6, 6.07) is 12.4. The highest BCUT2D eigenvalue weighted by Gasteiger charge is 2.21. The molecular formula is C28H36N6O4. The molecule has 0 saturated heterocycles. The molecule has 10 nitrogen and oxygen atoms in total. The van der Waals surface area contributed by atoms with Gasteiger partial charge >= 0.3 is 0 Å². The summed E-state index contributed by atoms with van der Waals surface area (Å²) in [5.41, 5.74) is 2.60. The Morgan fingerprint density at radius 2 is 1.82 bits per heavy atom. The van der Waals surface area contributed by atoms with E-state index in [1.165, 1.54) is 7.11 Å². The van der Waals surface area contributed by atoms with Crippen molar-refractivity contribution < 1.29 is 19.1 Å². The number of hydrogen-bond donors (Lipinski definition) is 4. The van der Waals surface area contributed by atoms with Crippen molar-refractivity contribution in [2.24, 2.45) is 5.92 Å². The van der Waals surface area contributed by atoms with Gasteiger partial charge in [-0.2, -0.15) is 0 Å². The van der Waals surface area contributed by atoms with Crippen LogP contribution in [-0.4, -0.2) is 47.6 Å². The summed E-state index contributed by atoms with van der Waals surface area (Å²) in [5.74, 6) is 1.29. The Kier molecular flexibility index (Phi) is 9.86. The van der Waals surface area contributed by atoms with Gasteiger partial charge in [0.1, 0.15) is 11.9 Å². The van der Waals surface area contributed by atoms with Crippen molar-refractivity contribution in [3.8, 4) is 17.2 Å². The van der Waals surface area contributed by atoms with Crippen molar-refractivity contribution in [3.63, 3.8) is 0 Å². The molecule has 1 aromatic heterocycles. The van der Waals surface area contributed by atoms with Crippen LogP contribution >= 0.6 is 0 Å². The number of guanidine groups is 1. The van der Waals surface area contributed by atoms with Crippen molar-refractivity contribution in [3.05, 3.63) is 71.8 Å². The molecule has 202 valence electrons. The second-order valence-corrected chi connectivity index (χ2v) is 9.35. The molecule has 3 rings (SSSR count). The zero-order valence-electron chi connectivity index (χ0n) is 22.5. The number of aromatic nitrogens is 2. The van der Waals surface area contributed by atoms with E-state index in [-0.39, 0.29) is 30.1 Å². The van der Waals surface area contributed by atoms with E-state index in [1.54, 1.807) is 31.5 Å². The van der Waals surface area contributed by atoms with Gasteiger partial charge in [-0.05, 0) is 54.7 Å². The van der Waals surface area contributed by atoms with E-state index in [1.807, 2.05) is 55.8 Å². The minimum atomic E-state index is -0.678. The number of methoxy groups -OCH3 is 2. The number of benzene rings is 2. The van der Waals surface area contributed by atoms with E-state index in [2.05, 4.69) is 20.9 Å². The Morgan fingerprint density at radius 3 is 2.47 bits per heavy atom. The van der Waals surface area contributed by atoms with Crippen LogP contribution in [0.15, 0.2) is 54.9 Å². The van der Waals surface area contributed by atoms with Crippen LogP contribution in [0, 0.1) is 18.3 Å². The summed E-state index contributed by atoms with van der Waals surface area (Å²) in [6.45, 7) is 6.25. The highest BCUT2D eigenvalue weighted by molar-refractivity contribution is 5.98. The number of carbonyl (C=O) groups excluding carboxylic acids is 2. The fraction of sp³-hybridized carbons (Fsp3) is 0.357. The van der Waals surface area contributed by atoms with Crippen LogP contribution in [-0.2, 0) is 22.6 Å². The first-order valence-electron chi connectivity index (χ1n) is 12.4. The highest BCUT2D eigenvalue weighted by atomic mass is 16.5. The minimum Gasteiger partial charge on any atom is -0.493 e. The van der Waals surface area contributed by atoms with E-state index in [9.17, 15) is 9.59 Å². The number of amides is 2. The van der Waals surface area contributed by atoms with Gasteiger partial charge in [0.05, 0.1) is 20.6 Å². The summed E-state index contributed by atoms with van der Waals surface area (Å²) in [6.07, 6.45) is 4.17. The predicted molar refractivity (Wildman–Crippen MR) is 146 cm³/mol. The lowest BCUT2D eigenvalue weighted by molar-refractivity contribution is -0.123. The second-order valence-electron chi connectivity index (χ2n) is 9.35. The number of imidazole rings is 1. The topological polar surface area (TPSA) is 130 Å². The van der Waals surface area contributed by atoms with Crippen LogP contribution in [0.4, 0.5) is 0 Å². The van der Waals surface area contributed by atoms with Crippen LogP contribution in [0.3, 0.4) is 0 Å². The molecule has 0 saturated carbocycles. The van der Waals surface area contributed by atoms with Gasteiger partial charge in [-0.3, -0.25) is 20.3 Å². The molecule has 1 atom stereocenters. The van der Waals surface area contributed by atoms with Gasteiger partial charge < -0.3 is 24.7 Å². The number of carbonyl (C=O) groups is 2. The van der Waals surface area contributed by atoms with Gasteiger partial charge in [0.25, 0.3) is 0 Å². The predicted octanol–water partition coefficient (Wildman–Crippen LogP) is 3.11. The Bertz CT molecular complexity index is 1270. The Balaban J connectivity index is 1.57. The van der Waals surface area contributed by atoms with E-state index >= 15 is 0 Å². The first kappa shape index (κ1) is 28.2. The third kappa shape index (κ3) is 7.83. The molecule has 10 heteroatoms. The lowest BCUT2D eigenvalue weighted by Crippen LogP contribution is -2.52. The maximum absolute atomic E-state index is 13.0. The Labute approximate surface area is 223 Å². The fourth-order valence-electron chi connectivity index (χ4n) is 4.05. The molecule has 2 amide bonds. The summed E-state index contributed by atoms with van der Waals surface area (Å²) >= 11 is 0. The van der Waals surface area contributed by atoms with Gasteiger partial charge in [-0.1, -0.05) is 32.0 Å². The fourth-order valence-corrected chi connectivity index (χ4v) is 4.05. The SMILES string of the molecule is COc1ccc(CC(=O)NC(=N)N[C@H](CC(C)C)C(=O)NCc2cccc(-n3ccnc3C)c2)cc1OC. The third-order valence-corrected chi connectivity index (χ3v) is 5.90. The minimum absolute atomic E-state index is 0.0399. The largest absolute Gasteiger partial charge is 0.493 e. The molecule has 1 heterocycles. The van der Waals surface area contributed by atoms with Crippen molar-refractivity contribution in [1.82, 2.24) is 25.5 Å². The maximum atomic E-state index is 13.0. The first-order chi connectivity index (χ1) is 18.2. The first-order valence-corrected chi connectivity index (χ1v) is 12.4. The van der Waals surface area contributed by atoms with E-state index in [4.69, 9.17) is 14.9 Å². The number of aryl methyl sites for hydroxylation is 1. The number of hydrogen-bond acceptors (Lipinski definition) is 6. The van der Waals surface area contributed by atoms with Crippen molar-refractivity contribution in [2.45, 2.75) is 46.2 Å². The molecule has 0 unspecified atom stereocenters. The standard InChI is InChI=1S/C28H36N6O4/c1-18(2)13-23(27(36)31-17-21-7-6-8-22(14-21)34-12-11-30-19(34)3)32-28(29)33-26(35)16-20-9-10-24(37-4)25(15-20)38-5/h6-12,14-15,18,23H,13,16-17H2,1-5H3,(H,31,36)(H3,29,32,33,35)/t23-/m1/s1. The van der Waals surface area contributed by atoms with Crippen molar-refractivity contribution >= 4 is 17.8 Å². The molecule has 0 aliphatic carbocycles. The number of rotatable bonds is 11. The summed E-state index contributed by atoms with van der Waals surface area (Å²) in [7, 11) is 3.07. The zero-order chi connectivity index (χ0) is 27.7. The summed E-state index contributed by atoms with van der Waals surface area (Å²) in [5, 5.41) is 16.6. The number of nitrogens with zero attached hydrogens (tertiary/aromatic N) is 2. The molecule has 0 radical (unpaired) electrons. The molecule has 2 aromatic carbocycles. The van der Waals surface area contributed by atoms with Crippen LogP contribution in [0.1, 0.15) is 37.2 Å². The highest BCUT2D eigenvalue weighted by Crippen LogP contribution is 2.27. The van der Waals surface area contributed by atoms with E-state index in [0.717, 1.165) is 17.1 Å². The molecule has 0 fully saturated rings. The van der Waals surface area contributed by atoms with Crippen LogP contribution in [0.25, 0.3) is 5.69 Å².